The van der Waals surface area contributed by atoms with Crippen molar-refractivity contribution in [2.45, 2.75) is 6.92 Å². The Labute approximate surface area is 171 Å². The number of anilines is 1. The first-order valence-corrected chi connectivity index (χ1v) is 9.10. The lowest BCUT2D eigenvalue weighted by atomic mass is 10.2. The van der Waals surface area contributed by atoms with E-state index in [1.54, 1.807) is 68.1 Å². The average Bonchev–Trinajstić information content (AvgIpc) is 3.18. The molecule has 9 heteroatoms. The van der Waals surface area contributed by atoms with Crippen LogP contribution in [-0.4, -0.2) is 30.2 Å². The van der Waals surface area contributed by atoms with E-state index < -0.39 is 5.91 Å². The van der Waals surface area contributed by atoms with E-state index in [-0.39, 0.29) is 11.1 Å². The third-order valence-corrected chi connectivity index (χ3v) is 4.40. The van der Waals surface area contributed by atoms with Gasteiger partial charge >= 0.3 is 0 Å². The molecule has 9 nitrogen and oxygen atoms in total. The minimum absolute atomic E-state index is 0.0730. The van der Waals surface area contributed by atoms with Crippen molar-refractivity contribution in [1.29, 1.82) is 0 Å². The van der Waals surface area contributed by atoms with Crippen LogP contribution in [-0.2, 0) is 7.05 Å². The second kappa shape index (κ2) is 8.00. The molecular formula is C21H18N6O3. The van der Waals surface area contributed by atoms with Crippen LogP contribution in [0.5, 0.6) is 11.6 Å². The smallest absolute Gasteiger partial charge is 0.263 e. The number of benzene rings is 1. The van der Waals surface area contributed by atoms with Crippen molar-refractivity contribution in [3.63, 3.8) is 0 Å². The second-order valence-electron chi connectivity index (χ2n) is 6.49. The number of carbonyl (C=O) groups excluding carboxylic acids is 1. The summed E-state index contributed by atoms with van der Waals surface area (Å²) < 4.78 is 8.86. The van der Waals surface area contributed by atoms with Gasteiger partial charge in [0.25, 0.3) is 11.5 Å². The molecule has 1 aromatic carbocycles. The number of hydrogen-bond acceptors (Lipinski definition) is 6. The zero-order valence-electron chi connectivity index (χ0n) is 16.3. The van der Waals surface area contributed by atoms with Gasteiger partial charge in [0.1, 0.15) is 17.1 Å². The molecule has 0 unspecified atom stereocenters. The Balaban J connectivity index is 1.42. The van der Waals surface area contributed by atoms with Crippen LogP contribution in [0, 0.1) is 6.92 Å². The summed E-state index contributed by atoms with van der Waals surface area (Å²) in [5.74, 6) is 1.85. The molecule has 0 aliphatic rings. The van der Waals surface area contributed by atoms with E-state index in [2.05, 4.69) is 20.5 Å². The van der Waals surface area contributed by atoms with Gasteiger partial charge in [-0.3, -0.25) is 14.2 Å². The summed E-state index contributed by atoms with van der Waals surface area (Å²) in [4.78, 5) is 28.5. The van der Waals surface area contributed by atoms with Crippen molar-refractivity contribution in [2.24, 2.45) is 7.05 Å². The topological polar surface area (TPSA) is 104 Å². The normalized spacial score (nSPS) is 10.6. The van der Waals surface area contributed by atoms with Gasteiger partial charge in [-0.15, -0.1) is 10.2 Å². The molecule has 4 aromatic rings. The summed E-state index contributed by atoms with van der Waals surface area (Å²) in [6, 6.07) is 13.4. The number of rotatable bonds is 5. The fraction of sp³-hybridized carbons (Fsp3) is 0.0952. The van der Waals surface area contributed by atoms with Crippen LogP contribution in [0.1, 0.15) is 16.2 Å². The van der Waals surface area contributed by atoms with E-state index in [4.69, 9.17) is 4.74 Å². The minimum Gasteiger partial charge on any atom is -0.438 e. The molecule has 3 heterocycles. The first kappa shape index (κ1) is 19.1. The fourth-order valence-electron chi connectivity index (χ4n) is 2.81. The number of ether oxygens (including phenoxy) is 1. The number of amides is 1. The molecule has 1 N–H and O–H groups in total. The summed E-state index contributed by atoms with van der Waals surface area (Å²) in [6.07, 6.45) is 5.09. The predicted octanol–water partition coefficient (Wildman–Crippen LogP) is 2.71. The first-order valence-electron chi connectivity index (χ1n) is 9.10. The van der Waals surface area contributed by atoms with Gasteiger partial charge in [0.2, 0.25) is 5.88 Å². The Morgan fingerprint density at radius 2 is 1.83 bits per heavy atom. The molecule has 0 saturated carbocycles. The number of aromatic nitrogens is 5. The van der Waals surface area contributed by atoms with Crippen molar-refractivity contribution in [3.8, 4) is 17.4 Å². The quantitative estimate of drug-likeness (QED) is 0.550. The molecule has 30 heavy (non-hydrogen) atoms. The highest BCUT2D eigenvalue weighted by atomic mass is 16.5. The predicted molar refractivity (Wildman–Crippen MR) is 110 cm³/mol. The molecule has 0 saturated heterocycles. The van der Waals surface area contributed by atoms with E-state index >= 15 is 0 Å². The van der Waals surface area contributed by atoms with Gasteiger partial charge in [-0.25, -0.2) is 4.98 Å². The van der Waals surface area contributed by atoms with E-state index in [1.165, 1.54) is 10.6 Å². The molecule has 0 aliphatic carbocycles. The molecule has 0 fully saturated rings. The highest BCUT2D eigenvalue weighted by Gasteiger charge is 2.11. The number of carbonyl (C=O) groups is 1. The average molecular weight is 402 g/mol. The van der Waals surface area contributed by atoms with Crippen molar-refractivity contribution in [3.05, 3.63) is 88.9 Å². The van der Waals surface area contributed by atoms with Gasteiger partial charge in [0.05, 0.1) is 0 Å². The number of pyridine rings is 1. The standard InChI is InChI=1S/C21H18N6O3/c1-14-22-11-13-27(14)18-9-10-19(25-24-18)30-16-7-5-15(6-8-16)23-20(28)17-4-3-12-26(2)21(17)29/h3-13H,1-2H3,(H,23,28). The Hall–Kier alpha value is -4.27. The number of nitrogens with one attached hydrogen (secondary N) is 1. The Morgan fingerprint density at radius 3 is 2.50 bits per heavy atom. The lowest BCUT2D eigenvalue weighted by Crippen LogP contribution is -2.26. The molecule has 0 radical (unpaired) electrons. The maximum atomic E-state index is 12.3. The van der Waals surface area contributed by atoms with E-state index in [0.29, 0.717) is 23.1 Å². The number of hydrogen-bond donors (Lipinski definition) is 1. The van der Waals surface area contributed by atoms with Crippen LogP contribution >= 0.6 is 0 Å². The highest BCUT2D eigenvalue weighted by Crippen LogP contribution is 2.22. The summed E-state index contributed by atoms with van der Waals surface area (Å²) in [5, 5.41) is 10.9. The number of nitrogens with zero attached hydrogens (tertiary/aromatic N) is 5. The Bertz CT molecular complexity index is 1240. The monoisotopic (exact) mass is 402 g/mol. The van der Waals surface area contributed by atoms with Crippen molar-refractivity contribution in [2.75, 3.05) is 5.32 Å². The van der Waals surface area contributed by atoms with Crippen molar-refractivity contribution >= 4 is 11.6 Å². The maximum Gasteiger partial charge on any atom is 0.263 e. The van der Waals surface area contributed by atoms with Crippen LogP contribution in [0.15, 0.2) is 71.9 Å². The lowest BCUT2D eigenvalue weighted by Gasteiger charge is -2.08. The van der Waals surface area contributed by atoms with Crippen LogP contribution < -0.4 is 15.6 Å². The summed E-state index contributed by atoms with van der Waals surface area (Å²) in [6.45, 7) is 1.88. The highest BCUT2D eigenvalue weighted by molar-refractivity contribution is 6.03. The Kier molecular flexibility index (Phi) is 5.08. The number of imidazole rings is 1. The fourth-order valence-corrected chi connectivity index (χ4v) is 2.81. The van der Waals surface area contributed by atoms with Crippen molar-refractivity contribution < 1.29 is 9.53 Å². The van der Waals surface area contributed by atoms with Gasteiger partial charge in [-0.2, -0.15) is 0 Å². The van der Waals surface area contributed by atoms with Gasteiger partial charge < -0.3 is 14.6 Å². The lowest BCUT2D eigenvalue weighted by molar-refractivity contribution is 0.102. The number of aryl methyl sites for hydroxylation is 2. The van der Waals surface area contributed by atoms with Crippen LogP contribution in [0.2, 0.25) is 0 Å². The molecule has 0 atom stereocenters. The van der Waals surface area contributed by atoms with E-state index in [0.717, 1.165) is 5.82 Å². The molecule has 1 amide bonds. The summed E-state index contributed by atoms with van der Waals surface area (Å²) in [7, 11) is 1.59. The van der Waals surface area contributed by atoms with Crippen LogP contribution in [0.4, 0.5) is 5.69 Å². The molecule has 0 aliphatic heterocycles. The zero-order chi connectivity index (χ0) is 21.1. The van der Waals surface area contributed by atoms with Gasteiger partial charge in [-0.1, -0.05) is 0 Å². The van der Waals surface area contributed by atoms with Gasteiger partial charge in [0, 0.05) is 37.4 Å². The molecular weight excluding hydrogens is 384 g/mol. The second-order valence-corrected chi connectivity index (χ2v) is 6.49. The van der Waals surface area contributed by atoms with E-state index in [1.807, 2.05) is 11.5 Å². The Morgan fingerprint density at radius 1 is 1.03 bits per heavy atom. The van der Waals surface area contributed by atoms with E-state index in [9.17, 15) is 9.59 Å². The van der Waals surface area contributed by atoms with Crippen LogP contribution in [0.25, 0.3) is 5.82 Å². The van der Waals surface area contributed by atoms with Gasteiger partial charge in [-0.05, 0) is 49.4 Å². The summed E-state index contributed by atoms with van der Waals surface area (Å²) in [5.41, 5.74) is 0.252. The molecule has 150 valence electrons. The third kappa shape index (κ3) is 3.95. The SMILES string of the molecule is Cc1nccn1-c1ccc(Oc2ccc(NC(=O)c3cccn(C)c3=O)cc2)nn1. The largest absolute Gasteiger partial charge is 0.438 e. The molecule has 0 spiro atoms. The maximum absolute atomic E-state index is 12.3. The molecule has 0 bridgehead atoms. The zero-order valence-corrected chi connectivity index (χ0v) is 16.3. The molecule has 4 rings (SSSR count). The minimum atomic E-state index is -0.471. The summed E-state index contributed by atoms with van der Waals surface area (Å²) >= 11 is 0. The third-order valence-electron chi connectivity index (χ3n) is 4.40. The molecule has 3 aromatic heterocycles. The van der Waals surface area contributed by atoms with Gasteiger partial charge in [0.15, 0.2) is 5.82 Å². The van der Waals surface area contributed by atoms with Crippen molar-refractivity contribution in [1.82, 2.24) is 24.3 Å². The van der Waals surface area contributed by atoms with Crippen LogP contribution in [0.3, 0.4) is 0 Å². The first-order chi connectivity index (χ1) is 14.5.